The summed E-state index contributed by atoms with van der Waals surface area (Å²) >= 11 is 0. The van der Waals surface area contributed by atoms with Crippen LogP contribution in [-0.4, -0.2) is 9.97 Å². The smallest absolute Gasteiger partial charge is 0.0715 e. The minimum absolute atomic E-state index is 0.969. The summed E-state index contributed by atoms with van der Waals surface area (Å²) in [5, 5.41) is 7.20. The monoisotopic (exact) mass is 432 g/mol. The summed E-state index contributed by atoms with van der Waals surface area (Å²) in [6.07, 6.45) is 0. The van der Waals surface area contributed by atoms with E-state index in [-0.39, 0.29) is 0 Å². The van der Waals surface area contributed by atoms with Crippen LogP contribution in [0.15, 0.2) is 121 Å². The van der Waals surface area contributed by atoms with Gasteiger partial charge in [-0.15, -0.1) is 0 Å². The third-order valence-corrected chi connectivity index (χ3v) is 6.57. The van der Waals surface area contributed by atoms with Crippen LogP contribution in [0.1, 0.15) is 0 Å². The van der Waals surface area contributed by atoms with E-state index in [2.05, 4.69) is 121 Å². The molecule has 2 heterocycles. The van der Waals surface area contributed by atoms with Gasteiger partial charge in [-0.25, -0.2) is 9.97 Å². The summed E-state index contributed by atoms with van der Waals surface area (Å²) in [7, 11) is 0. The zero-order chi connectivity index (χ0) is 22.5. The number of benzene rings is 5. The van der Waals surface area contributed by atoms with E-state index < -0.39 is 0 Å². The maximum Gasteiger partial charge on any atom is 0.0715 e. The number of rotatable bonds is 2. The van der Waals surface area contributed by atoms with Gasteiger partial charge in [-0.05, 0) is 64.0 Å². The maximum absolute atomic E-state index is 4.99. The van der Waals surface area contributed by atoms with Crippen LogP contribution in [0.5, 0.6) is 0 Å². The van der Waals surface area contributed by atoms with Crippen molar-refractivity contribution in [2.75, 3.05) is 0 Å². The lowest BCUT2D eigenvalue weighted by molar-refractivity contribution is 1.38. The molecule has 0 amide bonds. The highest BCUT2D eigenvalue weighted by Gasteiger charge is 2.08. The third-order valence-electron chi connectivity index (χ3n) is 6.57. The van der Waals surface area contributed by atoms with Crippen molar-refractivity contribution in [3.63, 3.8) is 0 Å². The molecule has 2 nitrogen and oxygen atoms in total. The van der Waals surface area contributed by atoms with Crippen molar-refractivity contribution in [1.29, 1.82) is 0 Å². The van der Waals surface area contributed by atoms with Crippen molar-refractivity contribution < 1.29 is 0 Å². The first kappa shape index (κ1) is 19.0. The Kier molecular flexibility index (Phi) is 4.18. The van der Waals surface area contributed by atoms with Crippen molar-refractivity contribution in [3.05, 3.63) is 121 Å². The number of aromatic nitrogens is 2. The van der Waals surface area contributed by atoms with Crippen LogP contribution in [0, 0.1) is 0 Å². The summed E-state index contributed by atoms with van der Waals surface area (Å²) < 4.78 is 0. The summed E-state index contributed by atoms with van der Waals surface area (Å²) in [6, 6.07) is 42.7. The van der Waals surface area contributed by atoms with E-state index in [0.717, 1.165) is 44.3 Å². The molecule has 34 heavy (non-hydrogen) atoms. The molecule has 0 N–H and O–H groups in total. The molecule has 0 fully saturated rings. The molecule has 0 aliphatic carbocycles. The number of pyridine rings is 2. The lowest BCUT2D eigenvalue weighted by Crippen LogP contribution is -1.89. The Hall–Kier alpha value is -4.56. The Labute approximate surface area is 197 Å². The Bertz CT molecular complexity index is 1730. The SMILES string of the molecule is c1cc(-c2ccc3cc4ccccc4cc3n2)cc(-c2ccc3cc4ccccc4cc3n2)c1. The van der Waals surface area contributed by atoms with Gasteiger partial charge in [0.2, 0.25) is 0 Å². The van der Waals surface area contributed by atoms with Gasteiger partial charge in [0.05, 0.1) is 22.4 Å². The summed E-state index contributed by atoms with van der Waals surface area (Å²) in [5.74, 6) is 0. The number of hydrogen-bond acceptors (Lipinski definition) is 2. The summed E-state index contributed by atoms with van der Waals surface area (Å²) in [5.41, 5.74) is 6.14. The molecule has 5 aromatic carbocycles. The molecule has 7 rings (SSSR count). The van der Waals surface area contributed by atoms with Gasteiger partial charge in [0, 0.05) is 21.9 Å². The van der Waals surface area contributed by atoms with Gasteiger partial charge in [-0.1, -0.05) is 78.9 Å². The second-order valence-corrected chi connectivity index (χ2v) is 8.76. The van der Waals surface area contributed by atoms with Crippen LogP contribution in [0.25, 0.3) is 65.9 Å². The molecule has 0 radical (unpaired) electrons. The first-order chi connectivity index (χ1) is 16.8. The van der Waals surface area contributed by atoms with Crippen molar-refractivity contribution in [1.82, 2.24) is 9.97 Å². The Morgan fingerprint density at radius 3 is 1.24 bits per heavy atom. The molecule has 7 aromatic rings. The van der Waals surface area contributed by atoms with Crippen LogP contribution in [0.3, 0.4) is 0 Å². The minimum atomic E-state index is 0.969. The van der Waals surface area contributed by atoms with Crippen LogP contribution < -0.4 is 0 Å². The molecule has 0 bridgehead atoms. The zero-order valence-electron chi connectivity index (χ0n) is 18.4. The van der Waals surface area contributed by atoms with E-state index in [9.17, 15) is 0 Å². The number of hydrogen-bond donors (Lipinski definition) is 0. The first-order valence-electron chi connectivity index (χ1n) is 11.5. The van der Waals surface area contributed by atoms with Gasteiger partial charge in [-0.3, -0.25) is 0 Å². The molecule has 158 valence electrons. The topological polar surface area (TPSA) is 25.8 Å². The fraction of sp³-hybridized carbons (Fsp3) is 0. The van der Waals surface area contributed by atoms with Gasteiger partial charge >= 0.3 is 0 Å². The van der Waals surface area contributed by atoms with E-state index in [4.69, 9.17) is 9.97 Å². The quantitative estimate of drug-likeness (QED) is 0.256. The Balaban J connectivity index is 1.32. The highest BCUT2D eigenvalue weighted by molar-refractivity contribution is 5.98. The Morgan fingerprint density at radius 1 is 0.324 bits per heavy atom. The highest BCUT2D eigenvalue weighted by atomic mass is 14.7. The average Bonchev–Trinajstić information content (AvgIpc) is 2.90. The first-order valence-corrected chi connectivity index (χ1v) is 11.5. The maximum atomic E-state index is 4.99. The predicted octanol–water partition coefficient (Wildman–Crippen LogP) is 8.42. The molecular weight excluding hydrogens is 412 g/mol. The van der Waals surface area contributed by atoms with Crippen LogP contribution in [0.4, 0.5) is 0 Å². The molecule has 0 spiro atoms. The molecular formula is C32H20N2. The van der Waals surface area contributed by atoms with E-state index in [1.807, 2.05) is 0 Å². The van der Waals surface area contributed by atoms with Gasteiger partial charge < -0.3 is 0 Å². The highest BCUT2D eigenvalue weighted by Crippen LogP contribution is 2.29. The second kappa shape index (κ2) is 7.50. The molecule has 2 aromatic heterocycles. The molecule has 0 aliphatic rings. The number of nitrogens with zero attached hydrogens (tertiary/aromatic N) is 2. The second-order valence-electron chi connectivity index (χ2n) is 8.76. The van der Waals surface area contributed by atoms with E-state index in [0.29, 0.717) is 0 Å². The Morgan fingerprint density at radius 2 is 0.765 bits per heavy atom. The zero-order valence-corrected chi connectivity index (χ0v) is 18.4. The molecule has 2 heteroatoms. The third kappa shape index (κ3) is 3.20. The standard InChI is InChI=1S/C32H20N2/c1-3-8-23-19-31-27(16-21(23)6-1)12-14-29(33-31)25-10-5-11-26(18-25)30-15-13-28-17-22-7-2-4-9-24(22)20-32(28)34-30/h1-20H. The van der Waals surface area contributed by atoms with Crippen molar-refractivity contribution in [2.45, 2.75) is 0 Å². The van der Waals surface area contributed by atoms with Gasteiger partial charge in [-0.2, -0.15) is 0 Å². The molecule has 0 saturated heterocycles. The largest absolute Gasteiger partial charge is 0.248 e. The van der Waals surface area contributed by atoms with Gasteiger partial charge in [0.15, 0.2) is 0 Å². The van der Waals surface area contributed by atoms with Crippen LogP contribution >= 0.6 is 0 Å². The van der Waals surface area contributed by atoms with Gasteiger partial charge in [0.1, 0.15) is 0 Å². The van der Waals surface area contributed by atoms with Crippen molar-refractivity contribution in [3.8, 4) is 22.5 Å². The number of fused-ring (bicyclic) bond motifs is 4. The van der Waals surface area contributed by atoms with E-state index in [1.165, 1.54) is 21.5 Å². The molecule has 0 unspecified atom stereocenters. The van der Waals surface area contributed by atoms with Crippen molar-refractivity contribution in [2.24, 2.45) is 0 Å². The lowest BCUT2D eigenvalue weighted by Gasteiger charge is -2.08. The van der Waals surface area contributed by atoms with Crippen LogP contribution in [-0.2, 0) is 0 Å². The fourth-order valence-corrected chi connectivity index (χ4v) is 4.78. The molecule has 0 atom stereocenters. The normalized spacial score (nSPS) is 11.5. The molecule has 0 saturated carbocycles. The van der Waals surface area contributed by atoms with E-state index >= 15 is 0 Å². The van der Waals surface area contributed by atoms with Gasteiger partial charge in [0.25, 0.3) is 0 Å². The van der Waals surface area contributed by atoms with Crippen molar-refractivity contribution >= 4 is 43.4 Å². The summed E-state index contributed by atoms with van der Waals surface area (Å²) in [6.45, 7) is 0. The van der Waals surface area contributed by atoms with E-state index in [1.54, 1.807) is 0 Å². The average molecular weight is 433 g/mol. The molecule has 0 aliphatic heterocycles. The predicted molar refractivity (Wildman–Crippen MR) is 143 cm³/mol. The fourth-order valence-electron chi connectivity index (χ4n) is 4.78. The lowest BCUT2D eigenvalue weighted by atomic mass is 10.0. The van der Waals surface area contributed by atoms with Crippen LogP contribution in [0.2, 0.25) is 0 Å². The minimum Gasteiger partial charge on any atom is -0.248 e. The summed E-state index contributed by atoms with van der Waals surface area (Å²) in [4.78, 5) is 9.99.